The van der Waals surface area contributed by atoms with Gasteiger partial charge in [-0.2, -0.15) is 0 Å². The van der Waals surface area contributed by atoms with E-state index in [9.17, 15) is 4.79 Å². The van der Waals surface area contributed by atoms with Crippen molar-refractivity contribution in [2.45, 2.75) is 58.1 Å². The lowest BCUT2D eigenvalue weighted by Gasteiger charge is -2.22. The molecule has 2 heterocycles. The van der Waals surface area contributed by atoms with Crippen molar-refractivity contribution in [3.05, 3.63) is 23.4 Å². The Balaban J connectivity index is 2.13. The first-order valence-electron chi connectivity index (χ1n) is 7.48. The van der Waals surface area contributed by atoms with Crippen LogP contribution in [-0.4, -0.2) is 29.6 Å². The van der Waals surface area contributed by atoms with Crippen LogP contribution in [0.3, 0.4) is 0 Å². The van der Waals surface area contributed by atoms with E-state index in [0.29, 0.717) is 11.4 Å². The van der Waals surface area contributed by atoms with Crippen LogP contribution in [0.25, 0.3) is 0 Å². The predicted octanol–water partition coefficient (Wildman–Crippen LogP) is 2.26. The highest BCUT2D eigenvalue weighted by Gasteiger charge is 2.25. The number of nitrogens with zero attached hydrogens (tertiary/aromatic N) is 1. The second-order valence-corrected chi connectivity index (χ2v) is 6.73. The molecule has 116 valence electrons. The van der Waals surface area contributed by atoms with E-state index >= 15 is 0 Å². The molecule has 5 nitrogen and oxygen atoms in total. The third kappa shape index (κ3) is 3.94. The van der Waals surface area contributed by atoms with E-state index < -0.39 is 0 Å². The van der Waals surface area contributed by atoms with E-state index in [1.54, 1.807) is 6.07 Å². The zero-order chi connectivity index (χ0) is 15.6. The van der Waals surface area contributed by atoms with Crippen molar-refractivity contribution in [2.24, 2.45) is 0 Å². The van der Waals surface area contributed by atoms with Crippen LogP contribution < -0.4 is 11.1 Å². The number of anilines is 1. The van der Waals surface area contributed by atoms with Crippen LogP contribution in [-0.2, 0) is 10.2 Å². The molecule has 0 aliphatic carbocycles. The van der Waals surface area contributed by atoms with Crippen molar-refractivity contribution in [3.8, 4) is 0 Å². The molecule has 1 aromatic heterocycles. The van der Waals surface area contributed by atoms with Crippen molar-refractivity contribution >= 4 is 11.7 Å². The van der Waals surface area contributed by atoms with Crippen LogP contribution in [0.5, 0.6) is 0 Å². The summed E-state index contributed by atoms with van der Waals surface area (Å²) in [6.45, 7) is 8.90. The molecule has 1 aromatic rings. The molecule has 0 saturated carbocycles. The fourth-order valence-electron chi connectivity index (χ4n) is 2.45. The molecule has 2 rings (SSSR count). The van der Waals surface area contributed by atoms with Crippen molar-refractivity contribution in [2.75, 3.05) is 12.3 Å². The Labute approximate surface area is 126 Å². The summed E-state index contributed by atoms with van der Waals surface area (Å²) < 4.78 is 5.60. The van der Waals surface area contributed by atoms with Crippen molar-refractivity contribution in [1.82, 2.24) is 10.3 Å². The van der Waals surface area contributed by atoms with Crippen LogP contribution in [0, 0.1) is 0 Å². The summed E-state index contributed by atoms with van der Waals surface area (Å²) in [5, 5.41) is 3.00. The predicted molar refractivity (Wildman–Crippen MR) is 83.3 cm³/mol. The number of carbonyl (C=O) groups is 1. The second-order valence-electron chi connectivity index (χ2n) is 6.73. The number of hydrogen-bond acceptors (Lipinski definition) is 4. The maximum atomic E-state index is 12.4. The fraction of sp³-hybridized carbons (Fsp3) is 0.625. The Morgan fingerprint density at radius 1 is 1.48 bits per heavy atom. The molecule has 0 bridgehead atoms. The molecule has 1 amide bonds. The van der Waals surface area contributed by atoms with Crippen LogP contribution in [0.4, 0.5) is 5.82 Å². The number of pyridine rings is 1. The van der Waals surface area contributed by atoms with Gasteiger partial charge in [0.25, 0.3) is 5.91 Å². The molecule has 5 heteroatoms. The Bertz CT molecular complexity index is 517. The van der Waals surface area contributed by atoms with Gasteiger partial charge in [0.05, 0.1) is 12.1 Å². The molecule has 3 N–H and O–H groups in total. The standard InChI is InChI=1S/C16H25N3O2/c1-10(12-6-5-7-21-12)18-15(20)11-8-13(16(2,3)4)19-14(17)9-11/h8-10,12H,5-7H2,1-4H3,(H2,17,19)(H,18,20). The van der Waals surface area contributed by atoms with Gasteiger partial charge in [0.1, 0.15) is 5.82 Å². The number of aromatic nitrogens is 1. The van der Waals surface area contributed by atoms with Gasteiger partial charge >= 0.3 is 0 Å². The average molecular weight is 291 g/mol. The average Bonchev–Trinajstić information content (AvgIpc) is 2.90. The zero-order valence-electron chi connectivity index (χ0n) is 13.3. The lowest BCUT2D eigenvalue weighted by atomic mass is 9.90. The van der Waals surface area contributed by atoms with E-state index in [1.165, 1.54) is 0 Å². The Morgan fingerprint density at radius 2 is 2.19 bits per heavy atom. The van der Waals surface area contributed by atoms with Gasteiger partial charge < -0.3 is 15.8 Å². The number of rotatable bonds is 3. The first-order chi connectivity index (χ1) is 9.77. The molecular weight excluding hydrogens is 266 g/mol. The zero-order valence-corrected chi connectivity index (χ0v) is 13.3. The van der Waals surface area contributed by atoms with Crippen LogP contribution in [0.2, 0.25) is 0 Å². The monoisotopic (exact) mass is 291 g/mol. The largest absolute Gasteiger partial charge is 0.384 e. The summed E-state index contributed by atoms with van der Waals surface area (Å²) in [7, 11) is 0. The molecule has 2 unspecified atom stereocenters. The van der Waals surface area contributed by atoms with Gasteiger partial charge in [0.15, 0.2) is 0 Å². The van der Waals surface area contributed by atoms with Gasteiger partial charge in [-0.25, -0.2) is 4.98 Å². The van der Waals surface area contributed by atoms with Gasteiger partial charge in [0, 0.05) is 23.3 Å². The number of amides is 1. The summed E-state index contributed by atoms with van der Waals surface area (Å²) in [6, 6.07) is 3.42. The third-order valence-corrected chi connectivity index (χ3v) is 3.76. The first kappa shape index (κ1) is 15.8. The summed E-state index contributed by atoms with van der Waals surface area (Å²) in [4.78, 5) is 16.7. The van der Waals surface area contributed by atoms with Crippen LogP contribution >= 0.6 is 0 Å². The number of carbonyl (C=O) groups excluding carboxylic acids is 1. The molecular formula is C16H25N3O2. The van der Waals surface area contributed by atoms with Gasteiger partial charge in [0.2, 0.25) is 0 Å². The SMILES string of the molecule is CC(NC(=O)c1cc(N)nc(C(C)(C)C)c1)C1CCCO1. The maximum absolute atomic E-state index is 12.4. The molecule has 0 aromatic carbocycles. The van der Waals surface area contributed by atoms with E-state index in [1.807, 2.05) is 33.8 Å². The van der Waals surface area contributed by atoms with Crippen LogP contribution in [0.1, 0.15) is 56.6 Å². The Morgan fingerprint density at radius 3 is 2.76 bits per heavy atom. The van der Waals surface area contributed by atoms with Crippen molar-refractivity contribution < 1.29 is 9.53 Å². The van der Waals surface area contributed by atoms with Gasteiger partial charge in [-0.05, 0) is 31.9 Å². The number of hydrogen-bond donors (Lipinski definition) is 2. The summed E-state index contributed by atoms with van der Waals surface area (Å²) >= 11 is 0. The van der Waals surface area contributed by atoms with Gasteiger partial charge in [-0.3, -0.25) is 4.79 Å². The van der Waals surface area contributed by atoms with E-state index in [2.05, 4.69) is 10.3 Å². The molecule has 2 atom stereocenters. The quantitative estimate of drug-likeness (QED) is 0.895. The van der Waals surface area contributed by atoms with Crippen molar-refractivity contribution in [3.63, 3.8) is 0 Å². The lowest BCUT2D eigenvalue weighted by molar-refractivity contribution is 0.0712. The maximum Gasteiger partial charge on any atom is 0.251 e. The van der Waals surface area contributed by atoms with E-state index in [0.717, 1.165) is 25.1 Å². The summed E-state index contributed by atoms with van der Waals surface area (Å²) in [5.74, 6) is 0.245. The smallest absolute Gasteiger partial charge is 0.251 e. The number of nitrogens with one attached hydrogen (secondary N) is 1. The molecule has 1 aliphatic rings. The minimum Gasteiger partial charge on any atom is -0.384 e. The van der Waals surface area contributed by atoms with Crippen molar-refractivity contribution in [1.29, 1.82) is 0 Å². The molecule has 0 radical (unpaired) electrons. The normalized spacial score (nSPS) is 20.3. The number of ether oxygens (including phenoxy) is 1. The molecule has 21 heavy (non-hydrogen) atoms. The minimum absolute atomic E-state index is 0.00697. The molecule has 1 saturated heterocycles. The lowest BCUT2D eigenvalue weighted by Crippen LogP contribution is -2.41. The molecule has 1 fully saturated rings. The minimum atomic E-state index is -0.148. The first-order valence-corrected chi connectivity index (χ1v) is 7.48. The Kier molecular flexibility index (Phi) is 4.52. The summed E-state index contributed by atoms with van der Waals surface area (Å²) in [6.07, 6.45) is 2.16. The van der Waals surface area contributed by atoms with E-state index in [4.69, 9.17) is 10.5 Å². The third-order valence-electron chi connectivity index (χ3n) is 3.76. The van der Waals surface area contributed by atoms with Crippen LogP contribution in [0.15, 0.2) is 12.1 Å². The molecule has 0 spiro atoms. The van der Waals surface area contributed by atoms with Gasteiger partial charge in [-0.15, -0.1) is 0 Å². The fourth-order valence-corrected chi connectivity index (χ4v) is 2.45. The number of nitrogens with two attached hydrogens (primary N) is 1. The topological polar surface area (TPSA) is 77.2 Å². The second kappa shape index (κ2) is 6.02. The molecule has 1 aliphatic heterocycles. The van der Waals surface area contributed by atoms with E-state index in [-0.39, 0.29) is 23.5 Å². The highest BCUT2D eigenvalue weighted by Crippen LogP contribution is 2.23. The highest BCUT2D eigenvalue weighted by molar-refractivity contribution is 5.95. The highest BCUT2D eigenvalue weighted by atomic mass is 16.5. The summed E-state index contributed by atoms with van der Waals surface area (Å²) in [5.41, 5.74) is 7.05. The number of nitrogen functional groups attached to an aromatic ring is 1. The van der Waals surface area contributed by atoms with Gasteiger partial charge in [-0.1, -0.05) is 20.8 Å². The Hall–Kier alpha value is -1.62.